The molecule has 19 heavy (non-hydrogen) atoms. The Hall–Kier alpha value is -1.25. The molecular weight excluding hydrogens is 279 g/mol. The summed E-state index contributed by atoms with van der Waals surface area (Å²) >= 11 is 1.30. The fourth-order valence-corrected chi connectivity index (χ4v) is 2.48. The van der Waals surface area contributed by atoms with E-state index in [0.717, 1.165) is 12.1 Å². The molecule has 1 unspecified atom stereocenters. The van der Waals surface area contributed by atoms with Gasteiger partial charge in [0.05, 0.1) is 12.1 Å². The molecule has 1 aromatic rings. The van der Waals surface area contributed by atoms with Crippen molar-refractivity contribution in [2.24, 2.45) is 0 Å². The summed E-state index contributed by atoms with van der Waals surface area (Å²) in [5.74, 6) is 0.212. The molecule has 104 valence electrons. The monoisotopic (exact) mass is 291 g/mol. The van der Waals surface area contributed by atoms with Crippen LogP contribution in [0, 0.1) is 0 Å². The van der Waals surface area contributed by atoms with Crippen LogP contribution in [0.3, 0.4) is 0 Å². The number of rotatable bonds is 3. The third-order valence-corrected chi connectivity index (χ3v) is 3.51. The van der Waals surface area contributed by atoms with Crippen LogP contribution in [-0.4, -0.2) is 17.9 Å². The fraction of sp³-hybridized carbons (Fsp3) is 0.364. The van der Waals surface area contributed by atoms with Crippen LogP contribution >= 0.6 is 11.8 Å². The first-order valence-corrected chi connectivity index (χ1v) is 6.55. The summed E-state index contributed by atoms with van der Waals surface area (Å²) in [5, 5.41) is 2.66. The van der Waals surface area contributed by atoms with E-state index in [0.29, 0.717) is 11.3 Å². The zero-order chi connectivity index (χ0) is 13.9. The van der Waals surface area contributed by atoms with Crippen molar-refractivity contribution in [3.8, 4) is 0 Å². The van der Waals surface area contributed by atoms with Crippen molar-refractivity contribution in [3.63, 3.8) is 0 Å². The zero-order valence-electron chi connectivity index (χ0n) is 9.75. The largest absolute Gasteiger partial charge is 0.416 e. The molecule has 1 saturated heterocycles. The minimum atomic E-state index is -4.33. The lowest BCUT2D eigenvalue weighted by molar-refractivity contribution is -0.137. The average Bonchev–Trinajstić information content (AvgIpc) is 2.36. The second kappa shape index (κ2) is 5.81. The van der Waals surface area contributed by atoms with E-state index in [2.05, 4.69) is 16.2 Å². The van der Waals surface area contributed by atoms with Crippen molar-refractivity contribution in [2.75, 3.05) is 6.54 Å². The van der Waals surface area contributed by atoms with Gasteiger partial charge in [0.2, 0.25) is 5.91 Å². The second-order valence-corrected chi connectivity index (χ2v) is 5.05. The quantitative estimate of drug-likeness (QED) is 0.789. The lowest BCUT2D eigenvalue weighted by Gasteiger charge is -2.24. The topological polar surface area (TPSA) is 53.2 Å². The molecule has 1 atom stereocenters. The van der Waals surface area contributed by atoms with E-state index in [1.165, 1.54) is 17.8 Å². The van der Waals surface area contributed by atoms with Gasteiger partial charge in [-0.05, 0) is 11.6 Å². The Balaban J connectivity index is 1.94. The van der Waals surface area contributed by atoms with Gasteiger partial charge in [-0.3, -0.25) is 4.79 Å². The lowest BCUT2D eigenvalue weighted by atomic mass is 10.1. The van der Waals surface area contributed by atoms with Crippen molar-refractivity contribution >= 4 is 17.7 Å². The number of thioether (sulfide) groups is 1. The minimum absolute atomic E-state index is 0.153. The van der Waals surface area contributed by atoms with Crippen LogP contribution in [0.2, 0.25) is 0 Å². The summed E-state index contributed by atoms with van der Waals surface area (Å²) in [6.45, 7) is 0.181. The molecule has 0 bridgehead atoms. The van der Waals surface area contributed by atoms with Gasteiger partial charge < -0.3 is 5.32 Å². The number of nitrogens with one attached hydrogen (secondary N) is 3. The number of hydrogen-bond donors (Lipinski definition) is 3. The van der Waals surface area contributed by atoms with Crippen molar-refractivity contribution < 1.29 is 18.0 Å². The molecule has 2 rings (SSSR count). The second-order valence-electron chi connectivity index (χ2n) is 3.95. The fourth-order valence-electron chi connectivity index (χ4n) is 1.56. The molecule has 4 nitrogen and oxygen atoms in total. The maximum atomic E-state index is 12.5. The lowest BCUT2D eigenvalue weighted by Crippen LogP contribution is -2.58. The maximum Gasteiger partial charge on any atom is 0.416 e. The molecule has 0 saturated carbocycles. The van der Waals surface area contributed by atoms with Crippen LogP contribution in [0.25, 0.3) is 0 Å². The highest BCUT2D eigenvalue weighted by molar-refractivity contribution is 7.99. The Morgan fingerprint density at radius 3 is 2.84 bits per heavy atom. The number of alkyl halides is 3. The number of benzene rings is 1. The Morgan fingerprint density at radius 1 is 1.37 bits per heavy atom. The average molecular weight is 291 g/mol. The van der Waals surface area contributed by atoms with Crippen molar-refractivity contribution in [3.05, 3.63) is 35.4 Å². The Labute approximate surface area is 112 Å². The Kier molecular flexibility index (Phi) is 4.33. The standard InChI is InChI=1S/C11H12F3N3OS/c12-11(13,14)8-3-1-2-7(4-8)6-19-10-16-9(18)5-15-17-10/h1-4,10,15,17H,5-6H2,(H,16,18). The molecule has 3 N–H and O–H groups in total. The van der Waals surface area contributed by atoms with Gasteiger partial charge in [0.25, 0.3) is 0 Å². The van der Waals surface area contributed by atoms with E-state index in [9.17, 15) is 18.0 Å². The SMILES string of the molecule is O=C1CNNC(SCc2cccc(C(F)(F)F)c2)N1. The number of hydrogen-bond acceptors (Lipinski definition) is 4. The molecule has 0 radical (unpaired) electrons. The molecule has 0 aliphatic carbocycles. The molecular formula is C11H12F3N3OS. The van der Waals surface area contributed by atoms with Crippen LogP contribution in [-0.2, 0) is 16.7 Å². The number of carbonyl (C=O) groups excluding carboxylic acids is 1. The van der Waals surface area contributed by atoms with E-state index < -0.39 is 11.7 Å². The number of halogens is 3. The van der Waals surface area contributed by atoms with Gasteiger partial charge >= 0.3 is 6.18 Å². The van der Waals surface area contributed by atoms with Crippen molar-refractivity contribution in [1.29, 1.82) is 0 Å². The maximum absolute atomic E-state index is 12.5. The van der Waals surface area contributed by atoms with Gasteiger partial charge in [0, 0.05) is 5.75 Å². The van der Waals surface area contributed by atoms with Crippen molar-refractivity contribution in [1.82, 2.24) is 16.2 Å². The first-order chi connectivity index (χ1) is 8.95. The highest BCUT2D eigenvalue weighted by Gasteiger charge is 2.30. The van der Waals surface area contributed by atoms with Crippen molar-refractivity contribution in [2.45, 2.75) is 17.4 Å². The van der Waals surface area contributed by atoms with Gasteiger partial charge in [0.1, 0.15) is 5.50 Å². The van der Waals surface area contributed by atoms with E-state index in [1.807, 2.05) is 0 Å². The summed E-state index contributed by atoms with van der Waals surface area (Å²) in [6.07, 6.45) is -4.33. The van der Waals surface area contributed by atoms with E-state index >= 15 is 0 Å². The predicted molar refractivity (Wildman–Crippen MR) is 65.8 cm³/mol. The summed E-state index contributed by atoms with van der Waals surface area (Å²) < 4.78 is 37.6. The highest BCUT2D eigenvalue weighted by atomic mass is 32.2. The third-order valence-electron chi connectivity index (χ3n) is 2.45. The van der Waals surface area contributed by atoms with Crippen LogP contribution in [0.4, 0.5) is 13.2 Å². The first kappa shape index (κ1) is 14.2. The number of carbonyl (C=O) groups is 1. The van der Waals surface area contributed by atoms with Gasteiger partial charge in [-0.15, -0.1) is 11.8 Å². The molecule has 0 spiro atoms. The molecule has 1 amide bonds. The van der Waals surface area contributed by atoms with Crippen LogP contribution in [0.1, 0.15) is 11.1 Å². The zero-order valence-corrected chi connectivity index (χ0v) is 10.6. The number of hydrazine groups is 1. The summed E-state index contributed by atoms with van der Waals surface area (Å²) in [6, 6.07) is 5.16. The van der Waals surface area contributed by atoms with Gasteiger partial charge in [0.15, 0.2) is 0 Å². The summed E-state index contributed by atoms with van der Waals surface area (Å²) in [4.78, 5) is 11.1. The summed E-state index contributed by atoms with van der Waals surface area (Å²) in [7, 11) is 0. The van der Waals surface area contributed by atoms with Crippen LogP contribution < -0.4 is 16.2 Å². The summed E-state index contributed by atoms with van der Waals surface area (Å²) in [5.41, 5.74) is 5.06. The molecule has 1 aromatic carbocycles. The smallest absolute Gasteiger partial charge is 0.330 e. The van der Waals surface area contributed by atoms with Gasteiger partial charge in [-0.2, -0.15) is 13.2 Å². The van der Waals surface area contributed by atoms with E-state index in [1.54, 1.807) is 6.07 Å². The Morgan fingerprint density at radius 2 is 2.16 bits per heavy atom. The highest BCUT2D eigenvalue weighted by Crippen LogP contribution is 2.30. The Bertz CT molecular complexity index is 467. The van der Waals surface area contributed by atoms with E-state index in [4.69, 9.17) is 0 Å². The normalized spacial score (nSPS) is 20.2. The molecule has 1 aliphatic rings. The molecule has 1 heterocycles. The number of amides is 1. The molecule has 8 heteroatoms. The first-order valence-electron chi connectivity index (χ1n) is 5.50. The predicted octanol–water partition coefficient (Wildman–Crippen LogP) is 1.45. The van der Waals surface area contributed by atoms with Crippen LogP contribution in [0.5, 0.6) is 0 Å². The molecule has 0 aromatic heterocycles. The molecule has 1 fully saturated rings. The van der Waals surface area contributed by atoms with E-state index in [-0.39, 0.29) is 17.9 Å². The van der Waals surface area contributed by atoms with Crippen LogP contribution in [0.15, 0.2) is 24.3 Å². The molecule has 1 aliphatic heterocycles. The van der Waals surface area contributed by atoms with Gasteiger partial charge in [-0.1, -0.05) is 18.2 Å². The third kappa shape index (κ3) is 4.12. The minimum Gasteiger partial charge on any atom is -0.330 e. The van der Waals surface area contributed by atoms with Gasteiger partial charge in [-0.25, -0.2) is 10.9 Å².